The van der Waals surface area contributed by atoms with Crippen LogP contribution in [0, 0.1) is 0 Å². The molecule has 0 bridgehead atoms. The number of nitrogens with zero attached hydrogens (tertiary/aromatic N) is 1. The average molecular weight is 273 g/mol. The predicted molar refractivity (Wildman–Crippen MR) is 65.0 cm³/mol. The van der Waals surface area contributed by atoms with Gasteiger partial charge in [-0.15, -0.1) is 0 Å². The highest BCUT2D eigenvalue weighted by molar-refractivity contribution is 5.99. The Morgan fingerprint density at radius 3 is 2.47 bits per heavy atom. The lowest BCUT2D eigenvalue weighted by Gasteiger charge is -2.38. The van der Waals surface area contributed by atoms with Gasteiger partial charge in [-0.1, -0.05) is 0 Å². The molecule has 7 heteroatoms. The highest BCUT2D eigenvalue weighted by Gasteiger charge is 2.32. The van der Waals surface area contributed by atoms with Gasteiger partial charge in [0.15, 0.2) is 0 Å². The Hall–Kier alpha value is -1.76. The molecule has 0 atom stereocenters. The number of halogens is 3. The molecular weight excluding hydrogens is 259 g/mol. The van der Waals surface area contributed by atoms with Gasteiger partial charge in [0, 0.05) is 25.8 Å². The van der Waals surface area contributed by atoms with Crippen molar-refractivity contribution >= 4 is 11.6 Å². The van der Waals surface area contributed by atoms with E-state index in [1.165, 1.54) is 6.07 Å². The van der Waals surface area contributed by atoms with Crippen LogP contribution >= 0.6 is 0 Å². The lowest BCUT2D eigenvalue weighted by molar-refractivity contribution is -0.137. The van der Waals surface area contributed by atoms with Gasteiger partial charge in [-0.05, 0) is 18.2 Å². The van der Waals surface area contributed by atoms with E-state index in [-0.39, 0.29) is 11.6 Å². The van der Waals surface area contributed by atoms with Gasteiger partial charge >= 0.3 is 6.18 Å². The first-order chi connectivity index (χ1) is 8.80. The Morgan fingerprint density at radius 2 is 2.05 bits per heavy atom. The van der Waals surface area contributed by atoms with E-state index in [1.54, 1.807) is 11.9 Å². The summed E-state index contributed by atoms with van der Waals surface area (Å²) in [6.07, 6.45) is -4.49. The van der Waals surface area contributed by atoms with E-state index in [1.807, 2.05) is 0 Å². The lowest BCUT2D eigenvalue weighted by atomic mass is 10.0. The highest BCUT2D eigenvalue weighted by atomic mass is 19.4. The Kier molecular flexibility index (Phi) is 3.40. The van der Waals surface area contributed by atoms with Crippen LogP contribution in [-0.4, -0.2) is 32.1 Å². The lowest BCUT2D eigenvalue weighted by Crippen LogP contribution is -2.56. The Morgan fingerprint density at radius 1 is 1.42 bits per heavy atom. The Bertz CT molecular complexity index is 497. The number of nitrogens with one attached hydrogen (secondary N) is 1. The Labute approximate surface area is 108 Å². The number of primary amides is 1. The van der Waals surface area contributed by atoms with Gasteiger partial charge in [0.1, 0.15) is 0 Å². The van der Waals surface area contributed by atoms with Crippen LogP contribution in [0.3, 0.4) is 0 Å². The molecule has 2 rings (SSSR count). The van der Waals surface area contributed by atoms with Crippen molar-refractivity contribution in [1.82, 2.24) is 5.32 Å². The number of hydrogen-bond donors (Lipinski definition) is 2. The molecule has 1 fully saturated rings. The highest BCUT2D eigenvalue weighted by Crippen LogP contribution is 2.33. The summed E-state index contributed by atoms with van der Waals surface area (Å²) in [7, 11) is 1.74. The monoisotopic (exact) mass is 273 g/mol. The minimum atomic E-state index is -4.49. The van der Waals surface area contributed by atoms with E-state index in [2.05, 4.69) is 5.32 Å². The largest absolute Gasteiger partial charge is 0.416 e. The molecule has 0 aliphatic carbocycles. The molecule has 0 aromatic heterocycles. The van der Waals surface area contributed by atoms with Crippen molar-refractivity contribution in [2.24, 2.45) is 5.73 Å². The molecule has 0 unspecified atom stereocenters. The fourth-order valence-corrected chi connectivity index (χ4v) is 1.96. The van der Waals surface area contributed by atoms with Crippen LogP contribution in [0.4, 0.5) is 18.9 Å². The van der Waals surface area contributed by atoms with E-state index in [4.69, 9.17) is 5.73 Å². The molecular formula is C12H14F3N3O. The van der Waals surface area contributed by atoms with Crippen molar-refractivity contribution in [2.45, 2.75) is 12.2 Å². The van der Waals surface area contributed by atoms with Crippen LogP contribution in [-0.2, 0) is 6.18 Å². The second-order valence-corrected chi connectivity index (χ2v) is 4.52. The first kappa shape index (κ1) is 13.7. The second kappa shape index (κ2) is 4.73. The van der Waals surface area contributed by atoms with Crippen LogP contribution in [0.2, 0.25) is 0 Å². The number of nitrogens with two attached hydrogens (primary N) is 1. The molecule has 0 saturated carbocycles. The van der Waals surface area contributed by atoms with E-state index in [0.717, 1.165) is 25.2 Å². The number of hydrogen-bond acceptors (Lipinski definition) is 3. The standard InChI is InChI=1S/C12H14F3N3O/c1-18(8-5-17-6-8)10-3-2-7(12(13,14)15)4-9(10)11(16)19/h2-4,8,17H,5-6H2,1H3,(H2,16,19). The number of benzene rings is 1. The molecule has 0 spiro atoms. The third-order valence-electron chi connectivity index (χ3n) is 3.28. The summed E-state index contributed by atoms with van der Waals surface area (Å²) in [6, 6.07) is 3.22. The molecule has 104 valence electrons. The molecule has 1 aliphatic rings. The van der Waals surface area contributed by atoms with Gasteiger partial charge in [0.2, 0.25) is 0 Å². The summed E-state index contributed by atoms with van der Waals surface area (Å²) in [5.74, 6) is -0.861. The summed E-state index contributed by atoms with van der Waals surface area (Å²) in [5.41, 5.74) is 4.62. The van der Waals surface area contributed by atoms with E-state index in [9.17, 15) is 18.0 Å². The zero-order valence-electron chi connectivity index (χ0n) is 10.3. The number of alkyl halides is 3. The minimum absolute atomic E-state index is 0.107. The zero-order valence-corrected chi connectivity index (χ0v) is 10.3. The van der Waals surface area contributed by atoms with Gasteiger partial charge in [0.05, 0.1) is 17.2 Å². The maximum atomic E-state index is 12.6. The minimum Gasteiger partial charge on any atom is -0.368 e. The van der Waals surface area contributed by atoms with Gasteiger partial charge in [-0.25, -0.2) is 0 Å². The molecule has 1 amide bonds. The summed E-state index contributed by atoms with van der Waals surface area (Å²) >= 11 is 0. The summed E-state index contributed by atoms with van der Waals surface area (Å²) in [5, 5.41) is 3.06. The molecule has 3 N–H and O–H groups in total. The first-order valence-electron chi connectivity index (χ1n) is 5.75. The van der Waals surface area contributed by atoms with Gasteiger partial charge in [0.25, 0.3) is 5.91 Å². The second-order valence-electron chi connectivity index (χ2n) is 4.52. The van der Waals surface area contributed by atoms with Gasteiger partial charge in [-0.2, -0.15) is 13.2 Å². The van der Waals surface area contributed by atoms with E-state index >= 15 is 0 Å². The molecule has 1 heterocycles. The normalized spacial score (nSPS) is 16.0. The predicted octanol–water partition coefficient (Wildman–Crippen LogP) is 1.21. The van der Waals surface area contributed by atoms with Crippen molar-refractivity contribution in [1.29, 1.82) is 0 Å². The van der Waals surface area contributed by atoms with Crippen LogP contribution < -0.4 is 16.0 Å². The maximum Gasteiger partial charge on any atom is 0.416 e. The smallest absolute Gasteiger partial charge is 0.368 e. The van der Waals surface area contributed by atoms with Crippen molar-refractivity contribution in [2.75, 3.05) is 25.0 Å². The van der Waals surface area contributed by atoms with E-state index in [0.29, 0.717) is 5.69 Å². The van der Waals surface area contributed by atoms with Crippen LogP contribution in [0.5, 0.6) is 0 Å². The Balaban J connectivity index is 2.40. The third kappa shape index (κ3) is 2.65. The molecule has 1 aromatic rings. The quantitative estimate of drug-likeness (QED) is 0.870. The molecule has 1 aliphatic heterocycles. The van der Waals surface area contributed by atoms with Crippen LogP contribution in [0.25, 0.3) is 0 Å². The van der Waals surface area contributed by atoms with Crippen molar-refractivity contribution in [3.8, 4) is 0 Å². The van der Waals surface area contributed by atoms with Crippen LogP contribution in [0.15, 0.2) is 18.2 Å². The first-order valence-corrected chi connectivity index (χ1v) is 5.75. The van der Waals surface area contributed by atoms with Crippen LogP contribution in [0.1, 0.15) is 15.9 Å². The SMILES string of the molecule is CN(c1ccc(C(F)(F)F)cc1C(N)=O)C1CNC1. The van der Waals surface area contributed by atoms with Gasteiger partial charge < -0.3 is 16.0 Å². The number of anilines is 1. The van der Waals surface area contributed by atoms with Crippen molar-refractivity contribution in [3.05, 3.63) is 29.3 Å². The third-order valence-corrected chi connectivity index (χ3v) is 3.28. The zero-order chi connectivity index (χ0) is 14.2. The summed E-state index contributed by atoms with van der Waals surface area (Å²) in [4.78, 5) is 13.1. The molecule has 19 heavy (non-hydrogen) atoms. The van der Waals surface area contributed by atoms with Crippen molar-refractivity contribution < 1.29 is 18.0 Å². The molecule has 1 saturated heterocycles. The number of carbonyl (C=O) groups is 1. The fourth-order valence-electron chi connectivity index (χ4n) is 1.96. The summed E-state index contributed by atoms with van der Waals surface area (Å²) < 4.78 is 37.9. The number of amides is 1. The van der Waals surface area contributed by atoms with E-state index < -0.39 is 17.6 Å². The number of carbonyl (C=O) groups excluding carboxylic acids is 1. The molecule has 4 nitrogen and oxygen atoms in total. The fraction of sp³-hybridized carbons (Fsp3) is 0.417. The number of rotatable bonds is 3. The molecule has 1 aromatic carbocycles. The van der Waals surface area contributed by atoms with Gasteiger partial charge in [-0.3, -0.25) is 4.79 Å². The number of likely N-dealkylation sites (N-methyl/N-ethyl adjacent to an activating group) is 1. The maximum absolute atomic E-state index is 12.6. The van der Waals surface area contributed by atoms with Crippen molar-refractivity contribution in [3.63, 3.8) is 0 Å². The average Bonchev–Trinajstić information content (AvgIpc) is 2.24. The topological polar surface area (TPSA) is 58.4 Å². The molecule has 0 radical (unpaired) electrons. The summed E-state index contributed by atoms with van der Waals surface area (Å²) in [6.45, 7) is 1.46.